The van der Waals surface area contributed by atoms with Crippen molar-refractivity contribution >= 4 is 11.8 Å². The van der Waals surface area contributed by atoms with Gasteiger partial charge in [-0.1, -0.05) is 0 Å². The summed E-state index contributed by atoms with van der Waals surface area (Å²) in [6.07, 6.45) is 1.57. The van der Waals surface area contributed by atoms with Gasteiger partial charge in [-0.05, 0) is 12.8 Å². The molecule has 2 aliphatic rings. The van der Waals surface area contributed by atoms with Crippen LogP contribution in [0.3, 0.4) is 0 Å². The maximum absolute atomic E-state index is 10.7. The van der Waals surface area contributed by atoms with Crippen LogP contribution in [0.1, 0.15) is 12.8 Å². The molecule has 2 amide bonds. The Morgan fingerprint density at radius 1 is 1.00 bits per heavy atom. The van der Waals surface area contributed by atoms with Crippen molar-refractivity contribution in [1.82, 2.24) is 5.32 Å². The van der Waals surface area contributed by atoms with Crippen LogP contribution in [-0.4, -0.2) is 11.8 Å². The summed E-state index contributed by atoms with van der Waals surface area (Å²) in [4.78, 5) is 21.3. The van der Waals surface area contributed by atoms with Crippen molar-refractivity contribution < 1.29 is 9.59 Å². The first-order valence-electron chi connectivity index (χ1n) is 2.87. The zero-order valence-corrected chi connectivity index (χ0v) is 4.73. The zero-order chi connectivity index (χ0) is 6.43. The molecule has 1 aliphatic heterocycles. The Kier molecular flexibility index (Phi) is 0.649. The van der Waals surface area contributed by atoms with E-state index in [1.165, 1.54) is 0 Å². The van der Waals surface area contributed by atoms with Crippen LogP contribution in [0.15, 0.2) is 11.1 Å². The van der Waals surface area contributed by atoms with Crippen LogP contribution in [-0.2, 0) is 9.59 Å². The largest absolute Gasteiger partial charge is 0.289 e. The Hall–Kier alpha value is -1.12. The lowest BCUT2D eigenvalue weighted by Crippen LogP contribution is -2.21. The number of carbonyl (C=O) groups is 2. The van der Waals surface area contributed by atoms with E-state index in [-0.39, 0.29) is 11.8 Å². The first kappa shape index (κ1) is 4.73. The maximum Gasteiger partial charge on any atom is 0.254 e. The van der Waals surface area contributed by atoms with Gasteiger partial charge in [0.25, 0.3) is 11.8 Å². The highest BCUT2D eigenvalue weighted by Gasteiger charge is 2.35. The van der Waals surface area contributed by atoms with Crippen LogP contribution in [0.5, 0.6) is 0 Å². The molecule has 0 bridgehead atoms. The fourth-order valence-electron chi connectivity index (χ4n) is 1.13. The Morgan fingerprint density at radius 2 is 1.44 bits per heavy atom. The smallest absolute Gasteiger partial charge is 0.254 e. The molecule has 0 radical (unpaired) electrons. The summed E-state index contributed by atoms with van der Waals surface area (Å²) >= 11 is 0. The molecule has 3 nitrogen and oxygen atoms in total. The second-order valence-corrected chi connectivity index (χ2v) is 2.24. The van der Waals surface area contributed by atoms with Gasteiger partial charge in [-0.2, -0.15) is 0 Å². The molecule has 1 N–H and O–H groups in total. The van der Waals surface area contributed by atoms with Crippen LogP contribution in [0.25, 0.3) is 0 Å². The van der Waals surface area contributed by atoms with E-state index < -0.39 is 0 Å². The molecule has 0 spiro atoms. The standard InChI is InChI=1S/C6H5NO2/c8-5-3-1-2-4(3)6(9)7-5/h1-2H2,(H,7,8,9). The average molecular weight is 123 g/mol. The summed E-state index contributed by atoms with van der Waals surface area (Å²) in [5.41, 5.74) is 1.42. The molecule has 0 unspecified atom stereocenters. The summed E-state index contributed by atoms with van der Waals surface area (Å²) in [6.45, 7) is 0. The van der Waals surface area contributed by atoms with Gasteiger partial charge in [-0.15, -0.1) is 0 Å². The number of imide groups is 1. The molecule has 1 heterocycles. The summed E-state index contributed by atoms with van der Waals surface area (Å²) in [5, 5.41) is 2.23. The van der Waals surface area contributed by atoms with E-state index in [0.29, 0.717) is 11.1 Å². The molecule has 0 saturated heterocycles. The molecule has 46 valence electrons. The molecule has 0 fully saturated rings. The minimum atomic E-state index is -0.179. The van der Waals surface area contributed by atoms with E-state index in [1.807, 2.05) is 0 Å². The molecule has 2 rings (SSSR count). The van der Waals surface area contributed by atoms with Crippen molar-refractivity contribution in [2.24, 2.45) is 0 Å². The van der Waals surface area contributed by atoms with E-state index >= 15 is 0 Å². The Balaban J connectivity index is 2.49. The van der Waals surface area contributed by atoms with E-state index in [0.717, 1.165) is 12.8 Å². The molecule has 0 saturated carbocycles. The lowest BCUT2D eigenvalue weighted by molar-refractivity contribution is -0.123. The second kappa shape index (κ2) is 1.23. The quantitative estimate of drug-likeness (QED) is 0.451. The van der Waals surface area contributed by atoms with Crippen molar-refractivity contribution in [3.05, 3.63) is 11.1 Å². The number of hydrogen-bond acceptors (Lipinski definition) is 2. The van der Waals surface area contributed by atoms with Gasteiger partial charge in [0.2, 0.25) is 0 Å². The SMILES string of the molecule is O=C1NC(=O)C2=C1CC2. The van der Waals surface area contributed by atoms with Gasteiger partial charge in [0.1, 0.15) is 0 Å². The van der Waals surface area contributed by atoms with Gasteiger partial charge in [-0.3, -0.25) is 14.9 Å². The number of carbonyl (C=O) groups excluding carboxylic acids is 2. The zero-order valence-electron chi connectivity index (χ0n) is 4.73. The summed E-state index contributed by atoms with van der Waals surface area (Å²) in [5.74, 6) is -0.359. The molecular weight excluding hydrogens is 118 g/mol. The Bertz CT molecular complexity index is 215. The highest BCUT2D eigenvalue weighted by atomic mass is 16.2. The van der Waals surface area contributed by atoms with Crippen molar-refractivity contribution in [3.63, 3.8) is 0 Å². The van der Waals surface area contributed by atoms with Crippen LogP contribution in [0.4, 0.5) is 0 Å². The molecule has 0 aromatic heterocycles. The minimum absolute atomic E-state index is 0.179. The average Bonchev–Trinajstić information content (AvgIpc) is 1.73. The van der Waals surface area contributed by atoms with Gasteiger partial charge in [0, 0.05) is 11.1 Å². The predicted molar refractivity (Wildman–Crippen MR) is 29.4 cm³/mol. The second-order valence-electron chi connectivity index (χ2n) is 2.24. The van der Waals surface area contributed by atoms with Crippen molar-refractivity contribution in [2.75, 3.05) is 0 Å². The van der Waals surface area contributed by atoms with E-state index in [1.54, 1.807) is 0 Å². The highest BCUT2D eigenvalue weighted by molar-refractivity contribution is 6.21. The number of amides is 2. The van der Waals surface area contributed by atoms with Crippen molar-refractivity contribution in [3.8, 4) is 0 Å². The third kappa shape index (κ3) is 0.415. The fourth-order valence-corrected chi connectivity index (χ4v) is 1.13. The van der Waals surface area contributed by atoms with Gasteiger partial charge >= 0.3 is 0 Å². The van der Waals surface area contributed by atoms with Crippen molar-refractivity contribution in [1.29, 1.82) is 0 Å². The molecule has 0 aromatic rings. The maximum atomic E-state index is 10.7. The monoisotopic (exact) mass is 123 g/mol. The summed E-state index contributed by atoms with van der Waals surface area (Å²) < 4.78 is 0. The van der Waals surface area contributed by atoms with Crippen LogP contribution < -0.4 is 5.32 Å². The minimum Gasteiger partial charge on any atom is -0.289 e. The lowest BCUT2D eigenvalue weighted by Gasteiger charge is -2.09. The highest BCUT2D eigenvalue weighted by Crippen LogP contribution is 2.31. The predicted octanol–water partition coefficient (Wildman–Crippen LogP) is -0.267. The fraction of sp³-hybridized carbons (Fsp3) is 0.333. The molecular formula is C6H5NO2. The molecule has 0 aromatic carbocycles. The summed E-state index contributed by atoms with van der Waals surface area (Å²) in [7, 11) is 0. The Labute approximate surface area is 51.7 Å². The first-order valence-corrected chi connectivity index (χ1v) is 2.87. The van der Waals surface area contributed by atoms with Gasteiger partial charge in [0.15, 0.2) is 0 Å². The topological polar surface area (TPSA) is 46.2 Å². The molecule has 1 aliphatic carbocycles. The van der Waals surface area contributed by atoms with Gasteiger partial charge in [-0.25, -0.2) is 0 Å². The molecule has 9 heavy (non-hydrogen) atoms. The number of rotatable bonds is 0. The van der Waals surface area contributed by atoms with Crippen LogP contribution in [0, 0.1) is 0 Å². The number of hydrogen-bond donors (Lipinski definition) is 1. The van der Waals surface area contributed by atoms with E-state index in [2.05, 4.69) is 5.32 Å². The van der Waals surface area contributed by atoms with Gasteiger partial charge < -0.3 is 0 Å². The third-order valence-corrected chi connectivity index (χ3v) is 1.76. The normalized spacial score (nSPS) is 23.6. The lowest BCUT2D eigenvalue weighted by atomic mass is 9.91. The van der Waals surface area contributed by atoms with Gasteiger partial charge in [0.05, 0.1) is 0 Å². The van der Waals surface area contributed by atoms with Crippen LogP contribution >= 0.6 is 0 Å². The number of nitrogens with one attached hydrogen (secondary N) is 1. The first-order chi connectivity index (χ1) is 4.29. The van der Waals surface area contributed by atoms with Crippen LogP contribution in [0.2, 0.25) is 0 Å². The van der Waals surface area contributed by atoms with Crippen molar-refractivity contribution in [2.45, 2.75) is 12.8 Å². The Morgan fingerprint density at radius 3 is 1.67 bits per heavy atom. The van der Waals surface area contributed by atoms with E-state index in [4.69, 9.17) is 0 Å². The molecule has 3 heteroatoms. The third-order valence-electron chi connectivity index (χ3n) is 1.76. The van der Waals surface area contributed by atoms with E-state index in [9.17, 15) is 9.59 Å². The molecule has 0 atom stereocenters. The summed E-state index contributed by atoms with van der Waals surface area (Å²) in [6, 6.07) is 0.